The monoisotopic (exact) mass is 247 g/mol. The summed E-state index contributed by atoms with van der Waals surface area (Å²) in [7, 11) is 0. The Bertz CT molecular complexity index is 398. The quantitative estimate of drug-likeness (QED) is 0.619. The van der Waals surface area contributed by atoms with Gasteiger partial charge in [0.15, 0.2) is 0 Å². The summed E-state index contributed by atoms with van der Waals surface area (Å²) in [6.45, 7) is 5.42. The number of nitrogens with one attached hydrogen (secondary N) is 1. The standard InChI is InChI=1S/C15H21NO2/c1-11(2)18-15(17)10-14(12(3)16)9-13-7-5-4-6-8-13/h4-8,11,14,16H,9-10H2,1-3H3. The summed E-state index contributed by atoms with van der Waals surface area (Å²) in [6, 6.07) is 9.94. The van der Waals surface area contributed by atoms with Crippen LogP contribution in [0.15, 0.2) is 30.3 Å². The number of carbonyl (C=O) groups is 1. The Hall–Kier alpha value is -1.64. The molecule has 0 aliphatic heterocycles. The predicted octanol–water partition coefficient (Wildman–Crippen LogP) is 3.23. The zero-order valence-electron chi connectivity index (χ0n) is 11.3. The van der Waals surface area contributed by atoms with E-state index in [1.807, 2.05) is 44.2 Å². The van der Waals surface area contributed by atoms with Gasteiger partial charge >= 0.3 is 5.97 Å². The molecule has 0 saturated carbocycles. The molecular formula is C15H21NO2. The fourth-order valence-electron chi connectivity index (χ4n) is 1.79. The molecule has 1 rings (SSSR count). The SMILES string of the molecule is CC(=N)C(CC(=O)OC(C)C)Cc1ccccc1. The van der Waals surface area contributed by atoms with Crippen LogP contribution in [0.25, 0.3) is 0 Å². The second-order valence-electron chi connectivity index (χ2n) is 4.81. The predicted molar refractivity (Wildman–Crippen MR) is 72.9 cm³/mol. The zero-order chi connectivity index (χ0) is 13.5. The molecule has 0 fully saturated rings. The molecule has 0 spiro atoms. The first-order chi connectivity index (χ1) is 8.49. The summed E-state index contributed by atoms with van der Waals surface area (Å²) < 4.78 is 5.13. The van der Waals surface area contributed by atoms with Gasteiger partial charge in [0.2, 0.25) is 0 Å². The molecule has 0 radical (unpaired) electrons. The van der Waals surface area contributed by atoms with Gasteiger partial charge in [0.25, 0.3) is 0 Å². The van der Waals surface area contributed by atoms with Crippen LogP contribution in [-0.2, 0) is 16.0 Å². The van der Waals surface area contributed by atoms with Gasteiger partial charge in [-0.05, 0) is 32.8 Å². The van der Waals surface area contributed by atoms with Gasteiger partial charge in [0.1, 0.15) is 0 Å². The molecule has 0 heterocycles. The number of benzene rings is 1. The van der Waals surface area contributed by atoms with Crippen LogP contribution in [0.5, 0.6) is 0 Å². The third-order valence-corrected chi connectivity index (χ3v) is 2.72. The number of rotatable bonds is 6. The summed E-state index contributed by atoms with van der Waals surface area (Å²) in [5, 5.41) is 7.77. The summed E-state index contributed by atoms with van der Waals surface area (Å²) in [5.74, 6) is -0.295. The van der Waals surface area contributed by atoms with E-state index < -0.39 is 0 Å². The highest BCUT2D eigenvalue weighted by Gasteiger charge is 2.18. The van der Waals surface area contributed by atoms with Crippen molar-refractivity contribution in [1.82, 2.24) is 0 Å². The maximum atomic E-state index is 11.6. The molecule has 0 aromatic heterocycles. The Morgan fingerprint density at radius 1 is 1.28 bits per heavy atom. The van der Waals surface area contributed by atoms with Crippen LogP contribution in [-0.4, -0.2) is 17.8 Å². The molecule has 18 heavy (non-hydrogen) atoms. The van der Waals surface area contributed by atoms with Gasteiger partial charge in [-0.3, -0.25) is 4.79 Å². The first kappa shape index (κ1) is 14.4. The Balaban J connectivity index is 2.61. The molecule has 1 unspecified atom stereocenters. The topological polar surface area (TPSA) is 50.2 Å². The number of hydrogen-bond donors (Lipinski definition) is 1. The highest BCUT2D eigenvalue weighted by molar-refractivity contribution is 5.85. The van der Waals surface area contributed by atoms with Crippen molar-refractivity contribution in [3.63, 3.8) is 0 Å². The summed E-state index contributed by atoms with van der Waals surface area (Å²) in [6.07, 6.45) is 0.895. The van der Waals surface area contributed by atoms with Gasteiger partial charge in [0, 0.05) is 11.6 Å². The van der Waals surface area contributed by atoms with E-state index in [2.05, 4.69) is 0 Å². The molecule has 0 aliphatic rings. The van der Waals surface area contributed by atoms with E-state index in [-0.39, 0.29) is 24.4 Å². The minimum atomic E-state index is -0.225. The van der Waals surface area contributed by atoms with Crippen LogP contribution in [0.1, 0.15) is 32.8 Å². The zero-order valence-corrected chi connectivity index (χ0v) is 11.3. The van der Waals surface area contributed by atoms with E-state index in [4.69, 9.17) is 10.1 Å². The van der Waals surface area contributed by atoms with Crippen LogP contribution in [0, 0.1) is 11.3 Å². The molecule has 1 atom stereocenters. The van der Waals surface area contributed by atoms with E-state index in [9.17, 15) is 4.79 Å². The van der Waals surface area contributed by atoms with Crippen molar-refractivity contribution in [2.75, 3.05) is 0 Å². The normalized spacial score (nSPS) is 12.2. The lowest BCUT2D eigenvalue weighted by molar-refractivity contribution is -0.148. The number of carbonyl (C=O) groups excluding carboxylic acids is 1. The van der Waals surface area contributed by atoms with Crippen molar-refractivity contribution >= 4 is 11.7 Å². The van der Waals surface area contributed by atoms with Crippen LogP contribution >= 0.6 is 0 Å². The smallest absolute Gasteiger partial charge is 0.306 e. The molecule has 3 nitrogen and oxygen atoms in total. The molecule has 1 aromatic carbocycles. The van der Waals surface area contributed by atoms with Gasteiger partial charge in [-0.25, -0.2) is 0 Å². The Kier molecular flexibility index (Phi) is 5.56. The van der Waals surface area contributed by atoms with Gasteiger partial charge in [0.05, 0.1) is 12.5 Å². The largest absolute Gasteiger partial charge is 0.463 e. The van der Waals surface area contributed by atoms with Gasteiger partial charge in [-0.2, -0.15) is 0 Å². The number of hydrogen-bond acceptors (Lipinski definition) is 3. The Morgan fingerprint density at radius 3 is 2.39 bits per heavy atom. The van der Waals surface area contributed by atoms with Crippen LogP contribution in [0.2, 0.25) is 0 Å². The second kappa shape index (κ2) is 6.94. The van der Waals surface area contributed by atoms with E-state index in [1.54, 1.807) is 6.92 Å². The van der Waals surface area contributed by atoms with Crippen LogP contribution in [0.4, 0.5) is 0 Å². The Labute approximate surface area is 109 Å². The molecule has 3 heteroatoms. The highest BCUT2D eigenvalue weighted by Crippen LogP contribution is 2.15. The van der Waals surface area contributed by atoms with Crippen LogP contribution < -0.4 is 0 Å². The van der Waals surface area contributed by atoms with Crippen molar-refractivity contribution in [3.05, 3.63) is 35.9 Å². The lowest BCUT2D eigenvalue weighted by Crippen LogP contribution is -2.21. The average Bonchev–Trinajstić information content (AvgIpc) is 2.28. The van der Waals surface area contributed by atoms with E-state index in [0.717, 1.165) is 5.56 Å². The van der Waals surface area contributed by atoms with Crippen molar-refractivity contribution in [1.29, 1.82) is 5.41 Å². The molecule has 0 aliphatic carbocycles. The summed E-state index contributed by atoms with van der Waals surface area (Å²) in [4.78, 5) is 11.6. The van der Waals surface area contributed by atoms with Gasteiger partial charge in [-0.15, -0.1) is 0 Å². The molecule has 0 bridgehead atoms. The molecule has 98 valence electrons. The average molecular weight is 247 g/mol. The third-order valence-electron chi connectivity index (χ3n) is 2.72. The van der Waals surface area contributed by atoms with E-state index in [0.29, 0.717) is 12.1 Å². The first-order valence-electron chi connectivity index (χ1n) is 6.27. The maximum absolute atomic E-state index is 11.6. The fraction of sp³-hybridized carbons (Fsp3) is 0.467. The van der Waals surface area contributed by atoms with E-state index >= 15 is 0 Å². The molecule has 0 saturated heterocycles. The minimum absolute atomic E-state index is 0.0707. The molecular weight excluding hydrogens is 226 g/mol. The van der Waals surface area contributed by atoms with Crippen molar-refractivity contribution < 1.29 is 9.53 Å². The molecule has 1 N–H and O–H groups in total. The van der Waals surface area contributed by atoms with Crippen molar-refractivity contribution in [3.8, 4) is 0 Å². The Morgan fingerprint density at radius 2 is 1.89 bits per heavy atom. The van der Waals surface area contributed by atoms with Gasteiger partial charge in [-0.1, -0.05) is 30.3 Å². The summed E-state index contributed by atoms with van der Waals surface area (Å²) >= 11 is 0. The number of esters is 1. The lowest BCUT2D eigenvalue weighted by atomic mass is 9.92. The fourth-order valence-corrected chi connectivity index (χ4v) is 1.79. The molecule has 1 aromatic rings. The van der Waals surface area contributed by atoms with Crippen molar-refractivity contribution in [2.45, 2.75) is 39.7 Å². The van der Waals surface area contributed by atoms with Crippen molar-refractivity contribution in [2.24, 2.45) is 5.92 Å². The second-order valence-corrected chi connectivity index (χ2v) is 4.81. The lowest BCUT2D eigenvalue weighted by Gasteiger charge is -2.16. The third kappa shape index (κ3) is 5.13. The molecule has 0 amide bonds. The number of ether oxygens (including phenoxy) is 1. The maximum Gasteiger partial charge on any atom is 0.306 e. The van der Waals surface area contributed by atoms with Gasteiger partial charge < -0.3 is 10.1 Å². The van der Waals surface area contributed by atoms with Crippen LogP contribution in [0.3, 0.4) is 0 Å². The van der Waals surface area contributed by atoms with E-state index in [1.165, 1.54) is 0 Å². The first-order valence-corrected chi connectivity index (χ1v) is 6.27. The minimum Gasteiger partial charge on any atom is -0.463 e. The summed E-state index contributed by atoms with van der Waals surface area (Å²) in [5.41, 5.74) is 1.67. The highest BCUT2D eigenvalue weighted by atomic mass is 16.5.